The Morgan fingerprint density at radius 2 is 2.23 bits per heavy atom. The second-order valence-corrected chi connectivity index (χ2v) is 3.68. The molecule has 78 valence electrons. The molecule has 0 aromatic rings. The molecule has 0 heterocycles. The first-order valence-corrected chi connectivity index (χ1v) is 5.17. The molecular formula is C8H16O4S. The van der Waals surface area contributed by atoms with Crippen LogP contribution in [0.15, 0.2) is 0 Å². The third-order valence-corrected chi connectivity index (χ3v) is 2.55. The Kier molecular flexibility index (Phi) is 8.18. The fourth-order valence-electron chi connectivity index (χ4n) is 0.744. The van der Waals surface area contributed by atoms with E-state index in [2.05, 4.69) is 0 Å². The van der Waals surface area contributed by atoms with E-state index >= 15 is 0 Å². The summed E-state index contributed by atoms with van der Waals surface area (Å²) in [6.45, 7) is 0.552. The minimum Gasteiger partial charge on any atom is -0.481 e. The summed E-state index contributed by atoms with van der Waals surface area (Å²) in [7, 11) is 3.25. The van der Waals surface area contributed by atoms with Crippen molar-refractivity contribution < 1.29 is 19.4 Å². The minimum absolute atomic E-state index is 0.0591. The van der Waals surface area contributed by atoms with Crippen LogP contribution in [0.3, 0.4) is 0 Å². The molecule has 1 N–H and O–H groups in total. The van der Waals surface area contributed by atoms with E-state index in [1.165, 1.54) is 0 Å². The Morgan fingerprint density at radius 1 is 1.54 bits per heavy atom. The molecule has 0 fully saturated rings. The molecule has 1 unspecified atom stereocenters. The van der Waals surface area contributed by atoms with Gasteiger partial charge in [0.2, 0.25) is 0 Å². The van der Waals surface area contributed by atoms with Crippen LogP contribution in [0.5, 0.6) is 0 Å². The second-order valence-electron chi connectivity index (χ2n) is 2.53. The molecule has 5 heteroatoms. The zero-order chi connectivity index (χ0) is 10.1. The third kappa shape index (κ3) is 8.08. The van der Waals surface area contributed by atoms with E-state index in [-0.39, 0.29) is 12.5 Å². The van der Waals surface area contributed by atoms with Crippen molar-refractivity contribution in [1.29, 1.82) is 0 Å². The average molecular weight is 208 g/mol. The highest BCUT2D eigenvalue weighted by Gasteiger charge is 2.06. The summed E-state index contributed by atoms with van der Waals surface area (Å²) in [5, 5.41) is 8.37. The molecule has 0 saturated carbocycles. The third-order valence-electron chi connectivity index (χ3n) is 1.45. The maximum absolute atomic E-state index is 10.2. The Bertz CT molecular complexity index is 140. The number of aliphatic carboxylic acids is 1. The number of thioether (sulfide) groups is 1. The van der Waals surface area contributed by atoms with Gasteiger partial charge in [-0.1, -0.05) is 0 Å². The first-order valence-electron chi connectivity index (χ1n) is 4.02. The molecule has 0 aromatic heterocycles. The molecule has 0 radical (unpaired) electrons. The SMILES string of the molecule is COCC(CSCCC(=O)O)OC. The van der Waals surface area contributed by atoms with Crippen molar-refractivity contribution in [3.63, 3.8) is 0 Å². The fraction of sp³-hybridized carbons (Fsp3) is 0.875. The van der Waals surface area contributed by atoms with Crippen molar-refractivity contribution in [1.82, 2.24) is 0 Å². The summed E-state index contributed by atoms with van der Waals surface area (Å²) in [5.41, 5.74) is 0. The zero-order valence-corrected chi connectivity index (χ0v) is 8.80. The topological polar surface area (TPSA) is 55.8 Å². The van der Waals surface area contributed by atoms with Crippen molar-refractivity contribution in [2.24, 2.45) is 0 Å². The number of hydrogen-bond acceptors (Lipinski definition) is 4. The van der Waals surface area contributed by atoms with Gasteiger partial charge in [-0.2, -0.15) is 11.8 Å². The predicted octanol–water partition coefficient (Wildman–Crippen LogP) is 0.856. The van der Waals surface area contributed by atoms with E-state index < -0.39 is 5.97 Å². The Labute approximate surface area is 82.6 Å². The molecule has 4 nitrogen and oxygen atoms in total. The van der Waals surface area contributed by atoms with Crippen LogP contribution in [0, 0.1) is 0 Å². The summed E-state index contributed by atoms with van der Waals surface area (Å²) in [5.74, 6) is 0.643. The maximum atomic E-state index is 10.2. The molecule has 0 aliphatic rings. The van der Waals surface area contributed by atoms with Crippen LogP contribution in [-0.4, -0.2) is 49.5 Å². The second kappa shape index (κ2) is 8.34. The normalized spacial score (nSPS) is 12.8. The highest BCUT2D eigenvalue weighted by molar-refractivity contribution is 7.99. The Hall–Kier alpha value is -0.260. The van der Waals surface area contributed by atoms with Crippen molar-refractivity contribution >= 4 is 17.7 Å². The van der Waals surface area contributed by atoms with E-state index in [0.29, 0.717) is 12.4 Å². The number of hydrogen-bond donors (Lipinski definition) is 1. The van der Waals surface area contributed by atoms with Crippen molar-refractivity contribution in [3.8, 4) is 0 Å². The van der Waals surface area contributed by atoms with Gasteiger partial charge in [0, 0.05) is 25.7 Å². The zero-order valence-electron chi connectivity index (χ0n) is 7.99. The monoisotopic (exact) mass is 208 g/mol. The summed E-state index contributed by atoms with van der Waals surface area (Å²) in [6.07, 6.45) is 0.262. The van der Waals surface area contributed by atoms with Crippen LogP contribution < -0.4 is 0 Å². The van der Waals surface area contributed by atoms with Crippen molar-refractivity contribution in [3.05, 3.63) is 0 Å². The van der Waals surface area contributed by atoms with E-state index in [1.54, 1.807) is 26.0 Å². The molecule has 0 saturated heterocycles. The standard InChI is InChI=1S/C8H16O4S/c1-11-5-7(12-2)6-13-4-3-8(9)10/h7H,3-6H2,1-2H3,(H,9,10). The number of carbonyl (C=O) groups is 1. The van der Waals surface area contributed by atoms with Crippen LogP contribution in [-0.2, 0) is 14.3 Å². The van der Waals surface area contributed by atoms with Crippen LogP contribution in [0.4, 0.5) is 0 Å². The van der Waals surface area contributed by atoms with E-state index in [4.69, 9.17) is 14.6 Å². The van der Waals surface area contributed by atoms with Gasteiger partial charge < -0.3 is 14.6 Å². The fourth-order valence-corrected chi connectivity index (χ4v) is 1.73. The summed E-state index contributed by atoms with van der Waals surface area (Å²) in [4.78, 5) is 10.2. The largest absolute Gasteiger partial charge is 0.481 e. The number of methoxy groups -OCH3 is 2. The van der Waals surface area contributed by atoms with Gasteiger partial charge in [-0.05, 0) is 0 Å². The van der Waals surface area contributed by atoms with E-state index in [9.17, 15) is 4.79 Å². The van der Waals surface area contributed by atoms with E-state index in [1.807, 2.05) is 0 Å². The van der Waals surface area contributed by atoms with Crippen molar-refractivity contribution in [2.75, 3.05) is 32.3 Å². The van der Waals surface area contributed by atoms with Crippen molar-refractivity contribution in [2.45, 2.75) is 12.5 Å². The maximum Gasteiger partial charge on any atom is 0.304 e. The highest BCUT2D eigenvalue weighted by atomic mass is 32.2. The summed E-state index contributed by atoms with van der Waals surface area (Å²) in [6, 6.07) is 0. The molecule has 13 heavy (non-hydrogen) atoms. The van der Waals surface area contributed by atoms with Crippen LogP contribution >= 0.6 is 11.8 Å². The smallest absolute Gasteiger partial charge is 0.304 e. The van der Waals surface area contributed by atoms with Gasteiger partial charge >= 0.3 is 5.97 Å². The lowest BCUT2D eigenvalue weighted by atomic mass is 10.4. The molecular weight excluding hydrogens is 192 g/mol. The van der Waals surface area contributed by atoms with Crippen LogP contribution in [0.25, 0.3) is 0 Å². The molecule has 0 bridgehead atoms. The number of ether oxygens (including phenoxy) is 2. The molecule has 0 aromatic carbocycles. The van der Waals surface area contributed by atoms with E-state index in [0.717, 1.165) is 5.75 Å². The van der Waals surface area contributed by atoms with Gasteiger partial charge in [0.05, 0.1) is 19.1 Å². The quantitative estimate of drug-likeness (QED) is 0.599. The van der Waals surface area contributed by atoms with Gasteiger partial charge in [0.25, 0.3) is 0 Å². The van der Waals surface area contributed by atoms with Gasteiger partial charge in [0.15, 0.2) is 0 Å². The highest BCUT2D eigenvalue weighted by Crippen LogP contribution is 2.07. The van der Waals surface area contributed by atoms with Gasteiger partial charge in [-0.25, -0.2) is 0 Å². The minimum atomic E-state index is -0.756. The first-order chi connectivity index (χ1) is 6.20. The van der Waals surface area contributed by atoms with Crippen LogP contribution in [0.1, 0.15) is 6.42 Å². The molecule has 0 amide bonds. The lowest BCUT2D eigenvalue weighted by molar-refractivity contribution is -0.136. The Balaban J connectivity index is 3.32. The molecule has 0 spiro atoms. The van der Waals surface area contributed by atoms with Gasteiger partial charge in [0.1, 0.15) is 0 Å². The Morgan fingerprint density at radius 3 is 2.69 bits per heavy atom. The van der Waals surface area contributed by atoms with Crippen LogP contribution in [0.2, 0.25) is 0 Å². The summed E-state index contributed by atoms with van der Waals surface area (Å²) >= 11 is 1.57. The predicted molar refractivity (Wildman–Crippen MR) is 52.3 cm³/mol. The number of carboxylic acid groups (broad SMARTS) is 1. The molecule has 0 rings (SSSR count). The number of carboxylic acids is 1. The molecule has 0 aliphatic heterocycles. The van der Waals surface area contributed by atoms with Gasteiger partial charge in [-0.3, -0.25) is 4.79 Å². The summed E-state index contributed by atoms with van der Waals surface area (Å²) < 4.78 is 10.0. The lowest BCUT2D eigenvalue weighted by Gasteiger charge is -2.12. The molecule has 0 aliphatic carbocycles. The average Bonchev–Trinajstić information content (AvgIpc) is 2.10. The molecule has 1 atom stereocenters. The lowest BCUT2D eigenvalue weighted by Crippen LogP contribution is -2.20. The first kappa shape index (κ1) is 12.7. The van der Waals surface area contributed by atoms with Gasteiger partial charge in [-0.15, -0.1) is 0 Å². The number of rotatable bonds is 8.